The summed E-state index contributed by atoms with van der Waals surface area (Å²) in [6, 6.07) is 0. The number of aliphatic carboxylic acids is 1. The SMILES string of the molecule is CS(=O)(=O)N1CCN(C(=O)C2(C(=O)O)CCC2)CC1. The van der Waals surface area contributed by atoms with Gasteiger partial charge in [-0.05, 0) is 12.8 Å². The van der Waals surface area contributed by atoms with Crippen LogP contribution in [0.1, 0.15) is 19.3 Å². The lowest BCUT2D eigenvalue weighted by atomic mass is 9.67. The van der Waals surface area contributed by atoms with Crippen molar-refractivity contribution < 1.29 is 23.1 Å². The van der Waals surface area contributed by atoms with Crippen LogP contribution in [0.3, 0.4) is 0 Å². The fourth-order valence-electron chi connectivity index (χ4n) is 2.58. The van der Waals surface area contributed by atoms with Crippen LogP contribution in [0.4, 0.5) is 0 Å². The standard InChI is InChI=1S/C11H18N2O5S/c1-19(17,18)13-7-5-12(6-8-13)9(14)11(10(15)16)3-2-4-11/h2-8H2,1H3,(H,15,16). The number of rotatable bonds is 3. The fraction of sp³-hybridized carbons (Fsp3) is 0.818. The van der Waals surface area contributed by atoms with Gasteiger partial charge in [-0.1, -0.05) is 6.42 Å². The van der Waals surface area contributed by atoms with Gasteiger partial charge in [-0.2, -0.15) is 4.31 Å². The molecule has 0 aromatic carbocycles. The van der Waals surface area contributed by atoms with Crippen LogP contribution in [-0.4, -0.2) is 67.0 Å². The Bertz CT molecular complexity index is 489. The van der Waals surface area contributed by atoms with Crippen molar-refractivity contribution in [3.63, 3.8) is 0 Å². The third-order valence-corrected chi connectivity index (χ3v) is 5.32. The number of carbonyl (C=O) groups excluding carboxylic acids is 1. The van der Waals surface area contributed by atoms with E-state index in [0.717, 1.165) is 12.7 Å². The Morgan fingerprint density at radius 2 is 1.63 bits per heavy atom. The minimum atomic E-state index is -3.24. The summed E-state index contributed by atoms with van der Waals surface area (Å²) < 4.78 is 24.0. The lowest BCUT2D eigenvalue weighted by molar-refractivity contribution is -0.168. The van der Waals surface area contributed by atoms with Crippen molar-refractivity contribution in [1.82, 2.24) is 9.21 Å². The molecule has 8 heteroatoms. The first-order valence-electron chi connectivity index (χ1n) is 6.25. The summed E-state index contributed by atoms with van der Waals surface area (Å²) in [7, 11) is -3.24. The Labute approximate surface area is 112 Å². The molecule has 0 aromatic rings. The van der Waals surface area contributed by atoms with Gasteiger partial charge in [0.15, 0.2) is 0 Å². The molecular formula is C11H18N2O5S. The van der Waals surface area contributed by atoms with Crippen LogP contribution in [0.25, 0.3) is 0 Å². The number of sulfonamides is 1. The smallest absolute Gasteiger partial charge is 0.319 e. The highest BCUT2D eigenvalue weighted by molar-refractivity contribution is 7.88. The van der Waals surface area contributed by atoms with Crippen LogP contribution in [0.15, 0.2) is 0 Å². The molecule has 1 heterocycles. The summed E-state index contributed by atoms with van der Waals surface area (Å²) in [6.45, 7) is 1.00. The molecule has 1 amide bonds. The minimum Gasteiger partial charge on any atom is -0.480 e. The van der Waals surface area contributed by atoms with Gasteiger partial charge in [0.2, 0.25) is 15.9 Å². The molecule has 2 fully saturated rings. The summed E-state index contributed by atoms with van der Waals surface area (Å²) in [6.07, 6.45) is 2.65. The maximum atomic E-state index is 12.3. The lowest BCUT2D eigenvalue weighted by Crippen LogP contribution is -2.58. The van der Waals surface area contributed by atoms with E-state index in [1.54, 1.807) is 0 Å². The Balaban J connectivity index is 2.02. The first-order chi connectivity index (χ1) is 8.77. The average Bonchev–Trinajstić information content (AvgIpc) is 2.25. The number of hydrogen-bond donors (Lipinski definition) is 1. The number of carboxylic acids is 1. The largest absolute Gasteiger partial charge is 0.480 e. The van der Waals surface area contributed by atoms with E-state index >= 15 is 0 Å². The van der Waals surface area contributed by atoms with E-state index in [1.807, 2.05) is 0 Å². The third kappa shape index (κ3) is 2.46. The van der Waals surface area contributed by atoms with Gasteiger partial charge >= 0.3 is 5.97 Å². The second-order valence-electron chi connectivity index (χ2n) is 5.20. The quantitative estimate of drug-likeness (QED) is 0.697. The number of nitrogens with zero attached hydrogens (tertiary/aromatic N) is 2. The zero-order chi connectivity index (χ0) is 14.3. The van der Waals surface area contributed by atoms with Crippen molar-refractivity contribution in [3.05, 3.63) is 0 Å². The fourth-order valence-corrected chi connectivity index (χ4v) is 3.40. The first kappa shape index (κ1) is 14.3. The van der Waals surface area contributed by atoms with Crippen molar-refractivity contribution in [2.24, 2.45) is 5.41 Å². The number of hydrogen-bond acceptors (Lipinski definition) is 4. The second-order valence-corrected chi connectivity index (χ2v) is 7.18. The first-order valence-corrected chi connectivity index (χ1v) is 8.10. The molecule has 7 nitrogen and oxygen atoms in total. The molecule has 108 valence electrons. The summed E-state index contributed by atoms with van der Waals surface area (Å²) >= 11 is 0. The maximum Gasteiger partial charge on any atom is 0.319 e. The highest BCUT2D eigenvalue weighted by Gasteiger charge is 2.53. The summed E-state index contributed by atoms with van der Waals surface area (Å²) in [5, 5.41) is 9.21. The van der Waals surface area contributed by atoms with Gasteiger partial charge in [0, 0.05) is 26.2 Å². The summed E-state index contributed by atoms with van der Waals surface area (Å²) in [5.41, 5.74) is -1.26. The predicted molar refractivity (Wildman–Crippen MR) is 66.9 cm³/mol. The molecule has 1 N–H and O–H groups in total. The molecule has 1 aliphatic carbocycles. The van der Waals surface area contributed by atoms with Crippen molar-refractivity contribution in [3.8, 4) is 0 Å². The maximum absolute atomic E-state index is 12.3. The van der Waals surface area contributed by atoms with Gasteiger partial charge in [-0.15, -0.1) is 0 Å². The van der Waals surface area contributed by atoms with Crippen LogP contribution in [-0.2, 0) is 19.6 Å². The van der Waals surface area contributed by atoms with E-state index in [1.165, 1.54) is 9.21 Å². The molecule has 1 saturated carbocycles. The molecule has 2 rings (SSSR count). The minimum absolute atomic E-state index is 0.236. The Morgan fingerprint density at radius 3 is 1.95 bits per heavy atom. The Morgan fingerprint density at radius 1 is 1.11 bits per heavy atom. The highest BCUT2D eigenvalue weighted by atomic mass is 32.2. The molecule has 19 heavy (non-hydrogen) atoms. The number of carbonyl (C=O) groups is 2. The normalized spacial score (nSPS) is 23.7. The number of carboxylic acid groups (broad SMARTS) is 1. The second kappa shape index (κ2) is 4.75. The zero-order valence-electron chi connectivity index (χ0n) is 10.8. The summed E-state index contributed by atoms with van der Waals surface area (Å²) in [4.78, 5) is 25.0. The zero-order valence-corrected chi connectivity index (χ0v) is 11.6. The molecule has 0 spiro atoms. The predicted octanol–water partition coefficient (Wildman–Crippen LogP) is -0.655. The van der Waals surface area contributed by atoms with Crippen molar-refractivity contribution in [2.45, 2.75) is 19.3 Å². The molecule has 0 radical (unpaired) electrons. The number of amides is 1. The van der Waals surface area contributed by atoms with Crippen molar-refractivity contribution in [2.75, 3.05) is 32.4 Å². The molecular weight excluding hydrogens is 272 g/mol. The van der Waals surface area contributed by atoms with Gasteiger partial charge in [-0.25, -0.2) is 8.42 Å². The van der Waals surface area contributed by atoms with Crippen LogP contribution in [0.5, 0.6) is 0 Å². The summed E-state index contributed by atoms with van der Waals surface area (Å²) in [5.74, 6) is -1.42. The topological polar surface area (TPSA) is 95.0 Å². The van der Waals surface area contributed by atoms with E-state index in [0.29, 0.717) is 12.8 Å². The van der Waals surface area contributed by atoms with Crippen molar-refractivity contribution >= 4 is 21.9 Å². The van der Waals surface area contributed by atoms with Crippen LogP contribution >= 0.6 is 0 Å². The van der Waals surface area contributed by atoms with Gasteiger partial charge < -0.3 is 10.0 Å². The van der Waals surface area contributed by atoms with E-state index in [-0.39, 0.29) is 32.1 Å². The molecule has 0 bridgehead atoms. The van der Waals surface area contributed by atoms with Gasteiger partial charge in [0.05, 0.1) is 6.26 Å². The van der Waals surface area contributed by atoms with Gasteiger partial charge in [-0.3, -0.25) is 9.59 Å². The van der Waals surface area contributed by atoms with E-state index in [2.05, 4.69) is 0 Å². The van der Waals surface area contributed by atoms with E-state index in [9.17, 15) is 23.1 Å². The van der Waals surface area contributed by atoms with E-state index in [4.69, 9.17) is 0 Å². The van der Waals surface area contributed by atoms with Gasteiger partial charge in [0.1, 0.15) is 5.41 Å². The molecule has 2 aliphatic rings. The number of piperazine rings is 1. The van der Waals surface area contributed by atoms with Crippen LogP contribution < -0.4 is 0 Å². The molecule has 0 unspecified atom stereocenters. The monoisotopic (exact) mass is 290 g/mol. The average molecular weight is 290 g/mol. The third-order valence-electron chi connectivity index (χ3n) is 4.02. The lowest BCUT2D eigenvalue weighted by Gasteiger charge is -2.42. The molecule has 1 aliphatic heterocycles. The Hall–Kier alpha value is -1.15. The van der Waals surface area contributed by atoms with Crippen molar-refractivity contribution in [1.29, 1.82) is 0 Å². The molecule has 1 saturated heterocycles. The molecule has 0 atom stereocenters. The highest BCUT2D eigenvalue weighted by Crippen LogP contribution is 2.43. The van der Waals surface area contributed by atoms with E-state index < -0.39 is 21.4 Å². The Kier molecular flexibility index (Phi) is 3.57. The molecule has 0 aromatic heterocycles. The van der Waals surface area contributed by atoms with Crippen LogP contribution in [0, 0.1) is 5.41 Å². The van der Waals surface area contributed by atoms with Gasteiger partial charge in [0.25, 0.3) is 0 Å². The van der Waals surface area contributed by atoms with Crippen LogP contribution in [0.2, 0.25) is 0 Å².